The summed E-state index contributed by atoms with van der Waals surface area (Å²) in [5, 5.41) is 3.72. The third kappa shape index (κ3) is 4.91. The number of carbonyl (C=O) groups excluding carboxylic acids is 1. The Hall–Kier alpha value is -0.940. The van der Waals surface area contributed by atoms with Crippen molar-refractivity contribution in [2.24, 2.45) is 0 Å². The number of thiazole rings is 1. The molecule has 2 aromatic rings. The van der Waals surface area contributed by atoms with Crippen molar-refractivity contribution in [1.29, 1.82) is 0 Å². The SMILES string of the molecule is CC.CCCNC(=O)Cc1nc2ccc(Br)cc2s1. The molecule has 0 aliphatic carbocycles. The lowest BCUT2D eigenvalue weighted by molar-refractivity contribution is -0.120. The molecule has 1 amide bonds. The van der Waals surface area contributed by atoms with E-state index in [4.69, 9.17) is 0 Å². The van der Waals surface area contributed by atoms with Gasteiger partial charge in [-0.2, -0.15) is 0 Å². The van der Waals surface area contributed by atoms with Gasteiger partial charge in [-0.3, -0.25) is 4.79 Å². The monoisotopic (exact) mass is 342 g/mol. The second-order valence-corrected chi connectivity index (χ2v) is 5.78. The lowest BCUT2D eigenvalue weighted by Gasteiger charge is -1.99. The van der Waals surface area contributed by atoms with Crippen LogP contribution in [0, 0.1) is 0 Å². The number of fused-ring (bicyclic) bond motifs is 1. The first-order valence-electron chi connectivity index (χ1n) is 6.50. The predicted octanol–water partition coefficient (Wildman–Crippen LogP) is 4.15. The number of aromatic nitrogens is 1. The lowest BCUT2D eigenvalue weighted by Crippen LogP contribution is -2.25. The second-order valence-electron chi connectivity index (χ2n) is 3.75. The summed E-state index contributed by atoms with van der Waals surface area (Å²) < 4.78 is 2.15. The zero-order chi connectivity index (χ0) is 14.3. The Morgan fingerprint density at radius 3 is 2.84 bits per heavy atom. The number of nitrogens with zero attached hydrogens (tertiary/aromatic N) is 1. The molecule has 19 heavy (non-hydrogen) atoms. The van der Waals surface area contributed by atoms with E-state index >= 15 is 0 Å². The van der Waals surface area contributed by atoms with E-state index in [1.54, 1.807) is 11.3 Å². The van der Waals surface area contributed by atoms with Gasteiger partial charge in [0.1, 0.15) is 5.01 Å². The van der Waals surface area contributed by atoms with Crippen LogP contribution in [-0.4, -0.2) is 17.4 Å². The Kier molecular flexibility index (Phi) is 7.02. The maximum atomic E-state index is 11.6. The third-order valence-corrected chi connectivity index (χ3v) is 3.79. The molecular weight excluding hydrogens is 324 g/mol. The fraction of sp³-hybridized carbons (Fsp3) is 0.429. The van der Waals surface area contributed by atoms with Crippen LogP contribution in [0.2, 0.25) is 0 Å². The van der Waals surface area contributed by atoms with Crippen molar-refractivity contribution in [1.82, 2.24) is 10.3 Å². The van der Waals surface area contributed by atoms with Crippen LogP contribution in [-0.2, 0) is 11.2 Å². The first-order chi connectivity index (χ1) is 9.19. The van der Waals surface area contributed by atoms with Crippen molar-refractivity contribution in [3.05, 3.63) is 27.7 Å². The van der Waals surface area contributed by atoms with E-state index in [-0.39, 0.29) is 5.91 Å². The van der Waals surface area contributed by atoms with Crippen LogP contribution < -0.4 is 5.32 Å². The van der Waals surface area contributed by atoms with Crippen LogP contribution in [0.5, 0.6) is 0 Å². The highest BCUT2D eigenvalue weighted by Crippen LogP contribution is 2.25. The molecule has 0 fully saturated rings. The molecule has 1 heterocycles. The molecule has 0 aliphatic rings. The Morgan fingerprint density at radius 1 is 1.42 bits per heavy atom. The van der Waals surface area contributed by atoms with Gasteiger partial charge in [0.25, 0.3) is 0 Å². The van der Waals surface area contributed by atoms with Crippen LogP contribution in [0.25, 0.3) is 10.2 Å². The number of benzene rings is 1. The van der Waals surface area contributed by atoms with Gasteiger partial charge in [-0.1, -0.05) is 36.7 Å². The van der Waals surface area contributed by atoms with Crippen molar-refractivity contribution in [2.45, 2.75) is 33.6 Å². The molecule has 0 saturated heterocycles. The summed E-state index contributed by atoms with van der Waals surface area (Å²) in [7, 11) is 0. The zero-order valence-electron chi connectivity index (χ0n) is 11.5. The van der Waals surface area contributed by atoms with E-state index < -0.39 is 0 Å². The molecule has 104 valence electrons. The molecule has 0 unspecified atom stereocenters. The number of amides is 1. The van der Waals surface area contributed by atoms with E-state index in [1.165, 1.54) is 0 Å². The summed E-state index contributed by atoms with van der Waals surface area (Å²) in [6.45, 7) is 6.77. The molecule has 1 aromatic heterocycles. The van der Waals surface area contributed by atoms with Crippen molar-refractivity contribution < 1.29 is 4.79 Å². The summed E-state index contributed by atoms with van der Waals surface area (Å²) in [5.74, 6) is 0.0463. The van der Waals surface area contributed by atoms with Gasteiger partial charge in [0.15, 0.2) is 0 Å². The summed E-state index contributed by atoms with van der Waals surface area (Å²) >= 11 is 5.00. The van der Waals surface area contributed by atoms with Crippen LogP contribution >= 0.6 is 27.3 Å². The highest BCUT2D eigenvalue weighted by Gasteiger charge is 2.08. The summed E-state index contributed by atoms with van der Waals surface area (Å²) in [6.07, 6.45) is 1.33. The standard InChI is InChI=1S/C12H13BrN2OS.C2H6/c1-2-5-14-11(16)7-12-15-9-4-3-8(13)6-10(9)17-12;1-2/h3-4,6H,2,5,7H2,1H3,(H,14,16);1-2H3. The summed E-state index contributed by atoms with van der Waals surface area (Å²) in [5.41, 5.74) is 0.955. The van der Waals surface area contributed by atoms with Gasteiger partial charge in [0, 0.05) is 11.0 Å². The van der Waals surface area contributed by atoms with Crippen molar-refractivity contribution in [3.8, 4) is 0 Å². The first-order valence-corrected chi connectivity index (χ1v) is 8.11. The topological polar surface area (TPSA) is 42.0 Å². The Labute approximate surface area is 126 Å². The molecule has 5 heteroatoms. The van der Waals surface area contributed by atoms with Gasteiger partial charge in [-0.25, -0.2) is 4.98 Å². The Morgan fingerprint density at radius 2 is 2.16 bits per heavy atom. The molecule has 0 spiro atoms. The number of halogens is 1. The number of nitrogens with one attached hydrogen (secondary N) is 1. The third-order valence-electron chi connectivity index (χ3n) is 2.28. The van der Waals surface area contributed by atoms with Gasteiger partial charge in [-0.15, -0.1) is 11.3 Å². The van der Waals surface area contributed by atoms with Gasteiger partial charge in [0.05, 0.1) is 16.6 Å². The fourth-order valence-corrected chi connectivity index (χ4v) is 3.00. The minimum Gasteiger partial charge on any atom is -0.356 e. The van der Waals surface area contributed by atoms with Crippen LogP contribution in [0.4, 0.5) is 0 Å². The highest BCUT2D eigenvalue weighted by molar-refractivity contribution is 9.10. The quantitative estimate of drug-likeness (QED) is 0.906. The van der Waals surface area contributed by atoms with Crippen LogP contribution in [0.15, 0.2) is 22.7 Å². The normalized spacial score (nSPS) is 9.89. The van der Waals surface area contributed by atoms with Gasteiger partial charge in [-0.05, 0) is 24.6 Å². The molecule has 0 atom stereocenters. The fourth-order valence-electron chi connectivity index (χ4n) is 1.49. The first kappa shape index (κ1) is 16.1. The minimum absolute atomic E-state index is 0.0463. The van der Waals surface area contributed by atoms with Gasteiger partial charge < -0.3 is 5.32 Å². The van der Waals surface area contributed by atoms with Gasteiger partial charge in [0.2, 0.25) is 5.91 Å². The number of carbonyl (C=O) groups is 1. The molecule has 1 N–H and O–H groups in total. The van der Waals surface area contributed by atoms with E-state index in [0.717, 1.165) is 32.7 Å². The molecule has 0 radical (unpaired) electrons. The molecule has 0 aliphatic heterocycles. The Balaban J connectivity index is 0.000000861. The maximum Gasteiger partial charge on any atom is 0.226 e. The summed E-state index contributed by atoms with van der Waals surface area (Å²) in [6, 6.07) is 5.95. The van der Waals surface area contributed by atoms with E-state index in [1.807, 2.05) is 39.0 Å². The summed E-state index contributed by atoms with van der Waals surface area (Å²) in [4.78, 5) is 16.0. The Bertz CT molecular complexity index is 539. The van der Waals surface area contributed by atoms with E-state index in [0.29, 0.717) is 6.42 Å². The zero-order valence-corrected chi connectivity index (χ0v) is 13.9. The largest absolute Gasteiger partial charge is 0.356 e. The minimum atomic E-state index is 0.0463. The molecule has 1 aromatic carbocycles. The van der Waals surface area contributed by atoms with Crippen LogP contribution in [0.1, 0.15) is 32.2 Å². The maximum absolute atomic E-state index is 11.6. The predicted molar refractivity (Wildman–Crippen MR) is 85.7 cm³/mol. The number of hydrogen-bond donors (Lipinski definition) is 1. The second kappa shape index (κ2) is 8.27. The number of rotatable bonds is 4. The lowest BCUT2D eigenvalue weighted by atomic mass is 10.3. The van der Waals surface area contributed by atoms with Crippen molar-refractivity contribution in [3.63, 3.8) is 0 Å². The molecular formula is C14H19BrN2OS. The molecule has 0 saturated carbocycles. The molecule has 3 nitrogen and oxygen atoms in total. The smallest absolute Gasteiger partial charge is 0.226 e. The van der Waals surface area contributed by atoms with E-state index in [9.17, 15) is 4.79 Å². The highest BCUT2D eigenvalue weighted by atomic mass is 79.9. The average molecular weight is 343 g/mol. The molecule has 2 rings (SSSR count). The van der Waals surface area contributed by atoms with Crippen LogP contribution in [0.3, 0.4) is 0 Å². The van der Waals surface area contributed by atoms with E-state index in [2.05, 4.69) is 26.2 Å². The van der Waals surface area contributed by atoms with Crippen molar-refractivity contribution >= 4 is 43.4 Å². The van der Waals surface area contributed by atoms with Gasteiger partial charge >= 0.3 is 0 Å². The van der Waals surface area contributed by atoms with Crippen molar-refractivity contribution in [2.75, 3.05) is 6.54 Å². The molecule has 0 bridgehead atoms. The average Bonchev–Trinajstić information content (AvgIpc) is 2.80. The number of hydrogen-bond acceptors (Lipinski definition) is 3.